The maximum atomic E-state index is 14.0. The third-order valence-electron chi connectivity index (χ3n) is 8.71. The van der Waals surface area contributed by atoms with Crippen molar-refractivity contribution in [3.63, 3.8) is 0 Å². The van der Waals surface area contributed by atoms with Gasteiger partial charge in [0.1, 0.15) is 17.4 Å². The van der Waals surface area contributed by atoms with E-state index in [0.29, 0.717) is 30.6 Å². The summed E-state index contributed by atoms with van der Waals surface area (Å²) in [6, 6.07) is 1.01. The highest BCUT2D eigenvalue weighted by Gasteiger charge is 2.67. The van der Waals surface area contributed by atoms with Gasteiger partial charge in [-0.1, -0.05) is 26.0 Å². The fourth-order valence-corrected chi connectivity index (χ4v) is 6.97. The Kier molecular flexibility index (Phi) is 7.54. The first-order chi connectivity index (χ1) is 18.2. The van der Waals surface area contributed by atoms with Crippen molar-refractivity contribution in [2.45, 2.75) is 56.9 Å². The van der Waals surface area contributed by atoms with E-state index in [0.717, 1.165) is 5.56 Å². The monoisotopic (exact) mass is 541 g/mol. The predicted molar refractivity (Wildman–Crippen MR) is 145 cm³/mol. The van der Waals surface area contributed by atoms with E-state index in [-0.39, 0.29) is 29.2 Å². The molecule has 212 valence electrons. The van der Waals surface area contributed by atoms with Crippen molar-refractivity contribution in [2.24, 2.45) is 23.5 Å². The molecule has 3 aliphatic rings. The number of Topliss-reactive ketones (excluding diaryl/α,β-unsaturated/α-hetero) is 2. The van der Waals surface area contributed by atoms with Crippen LogP contribution in [0.3, 0.4) is 0 Å². The molecule has 6 N–H and O–H groups in total. The first-order valence-corrected chi connectivity index (χ1v) is 13.2. The Bertz CT molecular complexity index is 1270. The predicted octanol–water partition coefficient (Wildman–Crippen LogP) is 0.870. The molecule has 10 nitrogen and oxygen atoms in total. The van der Waals surface area contributed by atoms with E-state index in [9.17, 15) is 34.8 Å². The highest BCUT2D eigenvalue weighted by atomic mass is 16.3. The van der Waals surface area contributed by atoms with Gasteiger partial charge in [0.05, 0.1) is 11.7 Å². The number of rotatable bonds is 7. The van der Waals surface area contributed by atoms with E-state index in [1.54, 1.807) is 25.1 Å². The highest BCUT2D eigenvalue weighted by molar-refractivity contribution is 6.25. The van der Waals surface area contributed by atoms with E-state index >= 15 is 0 Å². The number of carbonyl (C=O) groups is 3. The lowest BCUT2D eigenvalue weighted by molar-refractivity contribution is -0.184. The van der Waals surface area contributed by atoms with Gasteiger partial charge in [0.2, 0.25) is 11.7 Å². The molecule has 2 saturated carbocycles. The minimum atomic E-state index is -2.66. The van der Waals surface area contributed by atoms with Crippen LogP contribution in [0.4, 0.5) is 0 Å². The average Bonchev–Trinajstić information content (AvgIpc) is 2.82. The van der Waals surface area contributed by atoms with E-state index in [4.69, 9.17) is 5.73 Å². The Morgan fingerprint density at radius 2 is 1.90 bits per heavy atom. The Balaban J connectivity index is 1.92. The first-order valence-electron chi connectivity index (χ1n) is 13.2. The number of ketones is 2. The van der Waals surface area contributed by atoms with Crippen LogP contribution in [0.2, 0.25) is 0 Å². The van der Waals surface area contributed by atoms with Crippen molar-refractivity contribution in [1.29, 1.82) is 0 Å². The van der Waals surface area contributed by atoms with Gasteiger partial charge in [-0.25, -0.2) is 0 Å². The molecule has 2 fully saturated rings. The summed E-state index contributed by atoms with van der Waals surface area (Å²) in [6.07, 6.45) is 0.614. The number of aliphatic hydroxyl groups is 3. The van der Waals surface area contributed by atoms with Gasteiger partial charge >= 0.3 is 0 Å². The lowest BCUT2D eigenvalue weighted by atomic mass is 9.54. The van der Waals surface area contributed by atoms with Crippen molar-refractivity contribution < 1.29 is 34.8 Å². The molecule has 2 unspecified atom stereocenters. The van der Waals surface area contributed by atoms with Crippen LogP contribution in [-0.2, 0) is 27.3 Å². The van der Waals surface area contributed by atoms with Gasteiger partial charge in [-0.3, -0.25) is 19.3 Å². The Morgan fingerprint density at radius 3 is 2.44 bits per heavy atom. The molecular formula is C29H39N3O7. The van der Waals surface area contributed by atoms with Gasteiger partial charge in [-0.2, -0.15) is 0 Å². The molecule has 39 heavy (non-hydrogen) atoms. The molecular weight excluding hydrogens is 502 g/mol. The van der Waals surface area contributed by atoms with Gasteiger partial charge < -0.3 is 31.1 Å². The molecule has 0 heterocycles. The maximum absolute atomic E-state index is 14.0. The minimum absolute atomic E-state index is 0.0392. The van der Waals surface area contributed by atoms with Gasteiger partial charge in [0.25, 0.3) is 0 Å². The largest absolute Gasteiger partial charge is 0.507 e. The lowest BCUT2D eigenvalue weighted by Crippen LogP contribution is -2.73. The number of phenols is 1. The van der Waals surface area contributed by atoms with Crippen LogP contribution < -0.4 is 5.73 Å². The minimum Gasteiger partial charge on any atom is -0.507 e. The molecule has 0 spiro atoms. The number of primary amides is 1. The smallest absolute Gasteiger partial charge is 0.230 e. The van der Waals surface area contributed by atoms with Crippen LogP contribution in [0.1, 0.15) is 48.4 Å². The van der Waals surface area contributed by atoms with E-state index in [2.05, 4.69) is 6.58 Å². The quantitative estimate of drug-likeness (QED) is 0.249. The second kappa shape index (κ2) is 10.2. The molecule has 3 aliphatic carbocycles. The zero-order valence-corrected chi connectivity index (χ0v) is 23.1. The molecule has 10 heteroatoms. The maximum Gasteiger partial charge on any atom is 0.230 e. The summed E-state index contributed by atoms with van der Waals surface area (Å²) in [4.78, 5) is 43.2. The molecule has 4 rings (SSSR count). The van der Waals surface area contributed by atoms with Crippen molar-refractivity contribution in [1.82, 2.24) is 9.80 Å². The Hall–Kier alpha value is -3.05. The number of amides is 1. The topological polar surface area (TPSA) is 165 Å². The van der Waals surface area contributed by atoms with Crippen LogP contribution in [0, 0.1) is 17.8 Å². The molecule has 0 aromatic heterocycles. The number of carbonyl (C=O) groups excluding carboxylic acids is 3. The lowest BCUT2D eigenvalue weighted by Gasteiger charge is -2.53. The fourth-order valence-electron chi connectivity index (χ4n) is 6.97. The number of likely N-dealkylation sites (N-methyl/N-ethyl adjacent to an activating group) is 2. The Labute approximate surface area is 228 Å². The number of nitrogens with zero attached hydrogens (tertiary/aromatic N) is 2. The van der Waals surface area contributed by atoms with Crippen molar-refractivity contribution >= 4 is 23.2 Å². The normalized spacial score (nSPS) is 30.5. The van der Waals surface area contributed by atoms with Crippen LogP contribution in [0.5, 0.6) is 5.75 Å². The summed E-state index contributed by atoms with van der Waals surface area (Å²) in [6.45, 7) is 8.68. The molecule has 0 aliphatic heterocycles. The summed E-state index contributed by atoms with van der Waals surface area (Å²) >= 11 is 0. The first kappa shape index (κ1) is 28.9. The molecule has 0 radical (unpaired) electrons. The van der Waals surface area contributed by atoms with E-state index in [1.807, 2.05) is 31.9 Å². The van der Waals surface area contributed by atoms with Crippen molar-refractivity contribution in [2.75, 3.05) is 27.7 Å². The third-order valence-corrected chi connectivity index (χ3v) is 8.71. The number of phenolic OH excluding ortho intramolecular Hbond substituents is 1. The average molecular weight is 542 g/mol. The van der Waals surface area contributed by atoms with E-state index in [1.165, 1.54) is 0 Å². The van der Waals surface area contributed by atoms with Crippen LogP contribution >= 0.6 is 0 Å². The van der Waals surface area contributed by atoms with Crippen molar-refractivity contribution in [3.05, 3.63) is 46.5 Å². The van der Waals surface area contributed by atoms with Gasteiger partial charge in [0, 0.05) is 36.2 Å². The van der Waals surface area contributed by atoms with Gasteiger partial charge in [-0.15, -0.1) is 6.58 Å². The van der Waals surface area contributed by atoms with Crippen LogP contribution in [0.15, 0.2) is 24.3 Å². The fraction of sp³-hybridized carbons (Fsp3) is 0.552. The number of hydrogen-bond donors (Lipinski definition) is 5. The zero-order chi connectivity index (χ0) is 29.1. The zero-order valence-electron chi connectivity index (χ0n) is 23.1. The highest BCUT2D eigenvalue weighted by Crippen LogP contribution is 2.53. The molecule has 1 aromatic carbocycles. The summed E-state index contributed by atoms with van der Waals surface area (Å²) in [5.41, 5.74) is 4.94. The van der Waals surface area contributed by atoms with E-state index < -0.39 is 58.7 Å². The van der Waals surface area contributed by atoms with Crippen LogP contribution in [0.25, 0.3) is 5.76 Å². The summed E-state index contributed by atoms with van der Waals surface area (Å²) < 4.78 is 0. The van der Waals surface area contributed by atoms with Gasteiger partial charge in [-0.05, 0) is 56.9 Å². The molecule has 0 saturated heterocycles. The number of hydrogen-bond acceptors (Lipinski definition) is 9. The number of aromatic hydroxyl groups is 1. The summed E-state index contributed by atoms with van der Waals surface area (Å²) in [5.74, 6) is -7.31. The SMILES string of the molecule is C=CCN(C)Cc1cc(C(C)C)c2c(c1O)C(O)=C1C(=O)[C@]3(O)C(=O)C(C(N)=O)C(O)[C@@H](N(C)C)[C@@H]3C[C@@H]1C2. The Morgan fingerprint density at radius 1 is 1.26 bits per heavy atom. The number of aliphatic hydroxyl groups excluding tert-OH is 2. The van der Waals surface area contributed by atoms with Gasteiger partial charge in [0.15, 0.2) is 11.4 Å². The standard InChI is InChI=1S/C29H39N3O7/c1-7-8-32(6)12-15-10-16(13(2)3)17-9-14-11-18-22(31(4)5)25(35)21(28(30)38)27(37)29(18,39)26(36)19(14)24(34)20(17)23(15)33/h7,10,13-14,18,21-22,25,33-35,39H,1,8-9,11-12H2,2-6H3,(H2,30,38)/t14-,18-,21?,22-,25?,29-/m0/s1. The molecule has 1 amide bonds. The second-order valence-electron chi connectivity index (χ2n) is 11.8. The second-order valence-corrected chi connectivity index (χ2v) is 11.8. The number of nitrogens with two attached hydrogens (primary N) is 1. The summed E-state index contributed by atoms with van der Waals surface area (Å²) in [5, 5.41) is 45.6. The van der Waals surface area contributed by atoms with Crippen molar-refractivity contribution in [3.8, 4) is 5.75 Å². The third kappa shape index (κ3) is 4.30. The molecule has 0 bridgehead atoms. The molecule has 1 aromatic rings. The summed E-state index contributed by atoms with van der Waals surface area (Å²) in [7, 11) is 5.13. The number of fused-ring (bicyclic) bond motifs is 3. The molecule has 6 atom stereocenters. The van der Waals surface area contributed by atoms with Crippen LogP contribution in [-0.4, -0.2) is 93.1 Å². The number of benzene rings is 1.